The molecule has 1 heterocycles. The van der Waals surface area contributed by atoms with Crippen molar-refractivity contribution in [2.75, 3.05) is 26.2 Å². The second-order valence-corrected chi connectivity index (χ2v) is 6.14. The van der Waals surface area contributed by atoms with Crippen LogP contribution in [0.2, 0.25) is 5.02 Å². The monoisotopic (exact) mass is 351 g/mol. The Morgan fingerprint density at radius 2 is 1.88 bits per heavy atom. The van der Waals surface area contributed by atoms with E-state index in [2.05, 4.69) is 10.6 Å². The average molecular weight is 352 g/mol. The lowest BCUT2D eigenvalue weighted by atomic mass is 10.2. The fraction of sp³-hybridized carbons (Fsp3) is 0.471. The Hall–Kier alpha value is -2.08. The number of likely N-dealkylation sites (tertiary alicyclic amines) is 1. The van der Waals surface area contributed by atoms with Gasteiger partial charge in [-0.25, -0.2) is 0 Å². The SMILES string of the molecule is O=C(CCNC(=O)c1ccc(Cl)cc1)NCCCN1CCCC1=O. The highest BCUT2D eigenvalue weighted by Gasteiger charge is 2.18. The van der Waals surface area contributed by atoms with Crippen LogP contribution < -0.4 is 10.6 Å². The van der Waals surface area contributed by atoms with Crippen LogP contribution in [0.5, 0.6) is 0 Å². The molecule has 24 heavy (non-hydrogen) atoms. The van der Waals surface area contributed by atoms with Gasteiger partial charge in [-0.1, -0.05) is 11.6 Å². The highest BCUT2D eigenvalue weighted by atomic mass is 35.5. The molecule has 0 aliphatic carbocycles. The zero-order valence-corrected chi connectivity index (χ0v) is 14.3. The van der Waals surface area contributed by atoms with Crippen LogP contribution in [-0.2, 0) is 9.59 Å². The second-order valence-electron chi connectivity index (χ2n) is 5.70. The molecule has 1 saturated heterocycles. The molecule has 0 bridgehead atoms. The van der Waals surface area contributed by atoms with Gasteiger partial charge in [0.25, 0.3) is 5.91 Å². The van der Waals surface area contributed by atoms with Gasteiger partial charge in [0.05, 0.1) is 0 Å². The van der Waals surface area contributed by atoms with Crippen LogP contribution >= 0.6 is 11.6 Å². The van der Waals surface area contributed by atoms with Gasteiger partial charge in [0.2, 0.25) is 11.8 Å². The summed E-state index contributed by atoms with van der Waals surface area (Å²) in [7, 11) is 0. The summed E-state index contributed by atoms with van der Waals surface area (Å²) < 4.78 is 0. The minimum absolute atomic E-state index is 0.112. The van der Waals surface area contributed by atoms with E-state index in [1.165, 1.54) is 0 Å². The fourth-order valence-electron chi connectivity index (χ4n) is 2.52. The Kier molecular flexibility index (Phi) is 7.06. The molecule has 0 atom stereocenters. The Labute approximate surface area is 146 Å². The van der Waals surface area contributed by atoms with E-state index in [1.807, 2.05) is 4.90 Å². The van der Waals surface area contributed by atoms with Crippen LogP contribution in [0, 0.1) is 0 Å². The van der Waals surface area contributed by atoms with Crippen molar-refractivity contribution in [1.82, 2.24) is 15.5 Å². The third kappa shape index (κ3) is 5.85. The molecule has 0 aromatic heterocycles. The van der Waals surface area contributed by atoms with Crippen LogP contribution in [0.3, 0.4) is 0 Å². The minimum atomic E-state index is -0.230. The van der Waals surface area contributed by atoms with E-state index < -0.39 is 0 Å². The second kappa shape index (κ2) is 9.27. The van der Waals surface area contributed by atoms with Crippen LogP contribution in [-0.4, -0.2) is 48.8 Å². The maximum absolute atomic E-state index is 11.9. The number of halogens is 1. The lowest BCUT2D eigenvalue weighted by Gasteiger charge is -2.15. The molecule has 130 valence electrons. The van der Waals surface area contributed by atoms with Crippen molar-refractivity contribution in [3.8, 4) is 0 Å². The van der Waals surface area contributed by atoms with Gasteiger partial charge in [0.1, 0.15) is 0 Å². The predicted molar refractivity (Wildman–Crippen MR) is 91.8 cm³/mol. The standard InChI is InChI=1S/C17H22ClN3O3/c18-14-6-4-13(5-7-14)17(24)20-10-8-15(22)19-9-2-12-21-11-1-3-16(21)23/h4-7H,1-3,8-12H2,(H,19,22)(H,20,24). The van der Waals surface area contributed by atoms with Crippen molar-refractivity contribution < 1.29 is 14.4 Å². The largest absolute Gasteiger partial charge is 0.356 e. The first-order valence-corrected chi connectivity index (χ1v) is 8.52. The summed E-state index contributed by atoms with van der Waals surface area (Å²) in [6.45, 7) is 2.32. The topological polar surface area (TPSA) is 78.5 Å². The first-order valence-electron chi connectivity index (χ1n) is 8.14. The van der Waals surface area contributed by atoms with Crippen molar-refractivity contribution in [3.63, 3.8) is 0 Å². The highest BCUT2D eigenvalue weighted by Crippen LogP contribution is 2.10. The first kappa shape index (κ1) is 18.3. The number of carbonyl (C=O) groups excluding carboxylic acids is 3. The average Bonchev–Trinajstić information content (AvgIpc) is 2.97. The van der Waals surface area contributed by atoms with E-state index in [-0.39, 0.29) is 30.7 Å². The molecule has 1 fully saturated rings. The Morgan fingerprint density at radius 1 is 1.12 bits per heavy atom. The number of carbonyl (C=O) groups is 3. The molecule has 2 rings (SSSR count). The molecular weight excluding hydrogens is 330 g/mol. The number of nitrogens with one attached hydrogen (secondary N) is 2. The molecule has 6 nitrogen and oxygen atoms in total. The zero-order chi connectivity index (χ0) is 17.4. The maximum Gasteiger partial charge on any atom is 0.251 e. The highest BCUT2D eigenvalue weighted by molar-refractivity contribution is 6.30. The third-order valence-electron chi connectivity index (χ3n) is 3.84. The van der Waals surface area contributed by atoms with E-state index in [0.717, 1.165) is 19.4 Å². The normalized spacial score (nSPS) is 13.9. The van der Waals surface area contributed by atoms with Crippen molar-refractivity contribution in [2.24, 2.45) is 0 Å². The molecule has 3 amide bonds. The number of amides is 3. The van der Waals surface area contributed by atoms with Gasteiger partial charge in [0.15, 0.2) is 0 Å². The summed E-state index contributed by atoms with van der Waals surface area (Å²) in [6.07, 6.45) is 2.54. The van der Waals surface area contributed by atoms with Gasteiger partial charge >= 0.3 is 0 Å². The number of nitrogens with zero attached hydrogens (tertiary/aromatic N) is 1. The van der Waals surface area contributed by atoms with E-state index in [0.29, 0.717) is 30.1 Å². The Bertz CT molecular complexity index is 589. The van der Waals surface area contributed by atoms with Gasteiger partial charge in [-0.2, -0.15) is 0 Å². The van der Waals surface area contributed by atoms with E-state index in [9.17, 15) is 14.4 Å². The number of hydrogen-bond acceptors (Lipinski definition) is 3. The molecule has 2 N–H and O–H groups in total. The number of benzene rings is 1. The summed E-state index contributed by atoms with van der Waals surface area (Å²) >= 11 is 5.77. The fourth-order valence-corrected chi connectivity index (χ4v) is 2.65. The van der Waals surface area contributed by atoms with Gasteiger partial charge in [-0.15, -0.1) is 0 Å². The van der Waals surface area contributed by atoms with Crippen LogP contribution in [0.4, 0.5) is 0 Å². The van der Waals surface area contributed by atoms with E-state index >= 15 is 0 Å². The lowest BCUT2D eigenvalue weighted by molar-refractivity contribution is -0.127. The molecule has 1 aromatic rings. The van der Waals surface area contributed by atoms with E-state index in [4.69, 9.17) is 11.6 Å². The molecular formula is C17H22ClN3O3. The third-order valence-corrected chi connectivity index (χ3v) is 4.09. The molecule has 0 saturated carbocycles. The van der Waals surface area contributed by atoms with Crippen LogP contribution in [0.25, 0.3) is 0 Å². The minimum Gasteiger partial charge on any atom is -0.356 e. The molecule has 0 radical (unpaired) electrons. The Balaban J connectivity index is 1.55. The molecule has 0 spiro atoms. The van der Waals surface area contributed by atoms with Gasteiger partial charge in [0, 0.05) is 49.6 Å². The summed E-state index contributed by atoms with van der Waals surface area (Å²) in [6, 6.07) is 6.57. The van der Waals surface area contributed by atoms with Crippen molar-refractivity contribution in [2.45, 2.75) is 25.7 Å². The number of rotatable bonds is 8. The van der Waals surface area contributed by atoms with Gasteiger partial charge < -0.3 is 15.5 Å². The summed E-state index contributed by atoms with van der Waals surface area (Å²) in [5, 5.41) is 6.06. The lowest BCUT2D eigenvalue weighted by Crippen LogP contribution is -2.33. The number of hydrogen-bond donors (Lipinski definition) is 2. The summed E-state index contributed by atoms with van der Waals surface area (Å²) in [4.78, 5) is 36.8. The van der Waals surface area contributed by atoms with Crippen LogP contribution in [0.1, 0.15) is 36.0 Å². The molecule has 1 aromatic carbocycles. The summed E-state index contributed by atoms with van der Waals surface area (Å²) in [5.74, 6) is -0.141. The van der Waals surface area contributed by atoms with Crippen molar-refractivity contribution in [3.05, 3.63) is 34.9 Å². The smallest absolute Gasteiger partial charge is 0.251 e. The van der Waals surface area contributed by atoms with E-state index in [1.54, 1.807) is 24.3 Å². The Morgan fingerprint density at radius 3 is 2.54 bits per heavy atom. The maximum atomic E-state index is 11.9. The van der Waals surface area contributed by atoms with Crippen LogP contribution in [0.15, 0.2) is 24.3 Å². The first-order chi connectivity index (χ1) is 11.6. The van der Waals surface area contributed by atoms with Crippen molar-refractivity contribution >= 4 is 29.3 Å². The summed E-state index contributed by atoms with van der Waals surface area (Å²) in [5.41, 5.74) is 0.509. The molecule has 0 unspecified atom stereocenters. The van der Waals surface area contributed by atoms with Gasteiger partial charge in [-0.05, 0) is 37.1 Å². The zero-order valence-electron chi connectivity index (χ0n) is 13.5. The molecule has 7 heteroatoms. The predicted octanol–water partition coefficient (Wildman–Crippen LogP) is 1.59. The van der Waals surface area contributed by atoms with Gasteiger partial charge in [-0.3, -0.25) is 14.4 Å². The van der Waals surface area contributed by atoms with Crippen molar-refractivity contribution in [1.29, 1.82) is 0 Å². The quantitative estimate of drug-likeness (QED) is 0.698. The molecule has 1 aliphatic heterocycles. The molecule has 1 aliphatic rings.